The minimum atomic E-state index is -0.427. The maximum Gasteiger partial charge on any atom is 0.0425 e. The van der Waals surface area contributed by atoms with Gasteiger partial charge in [-0.25, -0.2) is 0 Å². The van der Waals surface area contributed by atoms with E-state index < -0.39 is 6.52 Å². The topological polar surface area (TPSA) is 52.0 Å². The maximum atomic E-state index is 6.80. The predicted octanol–water partition coefficient (Wildman–Crippen LogP) is -0.316. The van der Waals surface area contributed by atoms with Crippen molar-refractivity contribution in [3.8, 4) is 0 Å². The van der Waals surface area contributed by atoms with Gasteiger partial charge in [-0.05, 0) is 25.9 Å². The van der Waals surface area contributed by atoms with E-state index in [4.69, 9.17) is 12.8 Å². The molecule has 0 aliphatic heterocycles. The first-order valence-electron chi connectivity index (χ1n) is 2.73. The Morgan fingerprint density at radius 2 is 2.00 bits per heavy atom. The minimum Gasteiger partial charge on any atom is -0.330 e. The average Bonchev–Trinajstić information content (AvgIpc) is 1.61. The highest BCUT2D eigenvalue weighted by molar-refractivity contribution is 4.38. The lowest BCUT2D eigenvalue weighted by molar-refractivity contribution is 0.755. The molecule has 38 valence electrons. The molecule has 4 N–H and O–H groups in total. The van der Waals surface area contributed by atoms with Gasteiger partial charge in [-0.1, -0.05) is 0 Å². The molecule has 0 unspecified atom stereocenters. The number of hydrogen-bond acceptors (Lipinski definition) is 2. The normalized spacial score (nSPS) is 16.7. The van der Waals surface area contributed by atoms with Gasteiger partial charge in [0.2, 0.25) is 0 Å². The summed E-state index contributed by atoms with van der Waals surface area (Å²) in [5.41, 5.74) is 10.2. The van der Waals surface area contributed by atoms with Crippen LogP contribution >= 0.6 is 0 Å². The van der Waals surface area contributed by atoms with E-state index in [1.54, 1.807) is 0 Å². The van der Waals surface area contributed by atoms with E-state index in [1.165, 1.54) is 0 Å². The van der Waals surface area contributed by atoms with Gasteiger partial charge >= 0.3 is 0 Å². The van der Waals surface area contributed by atoms with E-state index in [2.05, 4.69) is 0 Å². The zero-order valence-electron chi connectivity index (χ0n) is 4.85. The van der Waals surface area contributed by atoms with Crippen LogP contribution in [-0.2, 0) is 0 Å². The van der Waals surface area contributed by atoms with Crippen molar-refractivity contribution in [2.45, 2.75) is 12.8 Å². The standard InChI is InChI=1S/C4H12N2/c5-3-1-2-4-6/h1-6H2/i3D/t3-/m0/s1. The van der Waals surface area contributed by atoms with E-state index in [9.17, 15) is 0 Å². The van der Waals surface area contributed by atoms with Crippen LogP contribution in [0.15, 0.2) is 0 Å². The lowest BCUT2D eigenvalue weighted by atomic mass is 10.3. The second kappa shape index (κ2) is 4.92. The summed E-state index contributed by atoms with van der Waals surface area (Å²) in [6.07, 6.45) is 1.58. The van der Waals surface area contributed by atoms with Crippen molar-refractivity contribution in [3.05, 3.63) is 0 Å². The molecule has 0 radical (unpaired) electrons. The van der Waals surface area contributed by atoms with Gasteiger partial charge in [0.15, 0.2) is 0 Å². The molecular weight excluding hydrogens is 76.1 g/mol. The summed E-state index contributed by atoms with van der Waals surface area (Å²) < 4.78 is 6.80. The molecule has 0 bridgehead atoms. The summed E-state index contributed by atoms with van der Waals surface area (Å²) in [7, 11) is 0. The van der Waals surface area contributed by atoms with Gasteiger partial charge in [0.25, 0.3) is 0 Å². The van der Waals surface area contributed by atoms with Gasteiger partial charge < -0.3 is 11.5 Å². The largest absolute Gasteiger partial charge is 0.330 e. The second-order valence-corrected chi connectivity index (χ2v) is 1.17. The van der Waals surface area contributed by atoms with Crippen LogP contribution in [0.5, 0.6) is 0 Å². The Labute approximate surface area is 39.9 Å². The van der Waals surface area contributed by atoms with Crippen molar-refractivity contribution in [2.24, 2.45) is 11.5 Å². The molecule has 0 saturated carbocycles. The van der Waals surface area contributed by atoms with Crippen molar-refractivity contribution in [1.82, 2.24) is 0 Å². The van der Waals surface area contributed by atoms with Crippen LogP contribution in [0.25, 0.3) is 0 Å². The van der Waals surface area contributed by atoms with Crippen molar-refractivity contribution in [2.75, 3.05) is 13.1 Å². The third-order valence-electron chi connectivity index (χ3n) is 0.575. The maximum absolute atomic E-state index is 6.80. The predicted molar refractivity (Wildman–Crippen MR) is 27.3 cm³/mol. The van der Waals surface area contributed by atoms with Crippen LogP contribution in [0.1, 0.15) is 14.2 Å². The molecule has 0 aliphatic carbocycles. The third kappa shape index (κ3) is 3.92. The molecule has 0 aromatic rings. The SMILES string of the molecule is [2H][C@H](N)CCCN. The molecule has 1 atom stereocenters. The number of hydrogen-bond donors (Lipinski definition) is 2. The first-order chi connectivity index (χ1) is 3.27. The summed E-state index contributed by atoms with van der Waals surface area (Å²) in [6, 6.07) is 0. The lowest BCUT2D eigenvalue weighted by Crippen LogP contribution is -2.03. The van der Waals surface area contributed by atoms with E-state index in [0.29, 0.717) is 6.54 Å². The fourth-order valence-electron chi connectivity index (χ4n) is 0.236. The molecular formula is C4H12N2. The smallest absolute Gasteiger partial charge is 0.0425 e. The van der Waals surface area contributed by atoms with Crippen LogP contribution in [0.3, 0.4) is 0 Å². The van der Waals surface area contributed by atoms with Gasteiger partial charge in [0, 0.05) is 1.37 Å². The summed E-state index contributed by atoms with van der Waals surface area (Å²) in [6.45, 7) is 0.218. The van der Waals surface area contributed by atoms with Gasteiger partial charge in [0.1, 0.15) is 0 Å². The molecule has 0 fully saturated rings. The van der Waals surface area contributed by atoms with Crippen molar-refractivity contribution in [1.29, 1.82) is 0 Å². The second-order valence-electron chi connectivity index (χ2n) is 1.17. The molecule has 2 heteroatoms. The van der Waals surface area contributed by atoms with Crippen molar-refractivity contribution < 1.29 is 1.37 Å². The van der Waals surface area contributed by atoms with Gasteiger partial charge in [0.05, 0.1) is 0 Å². The first kappa shape index (κ1) is 4.09. The van der Waals surface area contributed by atoms with Crippen LogP contribution < -0.4 is 11.5 Å². The van der Waals surface area contributed by atoms with Gasteiger partial charge in [-0.2, -0.15) is 0 Å². The van der Waals surface area contributed by atoms with Gasteiger partial charge in [-0.15, -0.1) is 0 Å². The van der Waals surface area contributed by atoms with Gasteiger partial charge in [-0.3, -0.25) is 0 Å². The summed E-state index contributed by atoms with van der Waals surface area (Å²) in [4.78, 5) is 0. The minimum absolute atomic E-state index is 0.427. The zero-order chi connectivity index (χ0) is 5.70. The molecule has 0 spiro atoms. The van der Waals surface area contributed by atoms with E-state index in [1.807, 2.05) is 0 Å². The molecule has 0 amide bonds. The fraction of sp³-hybridized carbons (Fsp3) is 1.00. The fourth-order valence-corrected chi connectivity index (χ4v) is 0.236. The number of rotatable bonds is 3. The molecule has 2 nitrogen and oxygen atoms in total. The molecule has 0 aromatic carbocycles. The molecule has 0 aromatic heterocycles. The lowest BCUT2D eigenvalue weighted by Gasteiger charge is -1.87. The molecule has 0 saturated heterocycles. The van der Waals surface area contributed by atoms with Crippen molar-refractivity contribution in [3.63, 3.8) is 0 Å². The quantitative estimate of drug-likeness (QED) is 0.498. The molecule has 0 aliphatic rings. The van der Waals surface area contributed by atoms with E-state index in [0.717, 1.165) is 12.8 Å². The summed E-state index contributed by atoms with van der Waals surface area (Å²) in [5, 5.41) is 0. The monoisotopic (exact) mass is 89.1 g/mol. The van der Waals surface area contributed by atoms with E-state index >= 15 is 0 Å². The highest BCUT2D eigenvalue weighted by Crippen LogP contribution is 1.77. The Morgan fingerprint density at radius 1 is 1.33 bits per heavy atom. The van der Waals surface area contributed by atoms with E-state index in [-0.39, 0.29) is 0 Å². The van der Waals surface area contributed by atoms with Crippen molar-refractivity contribution >= 4 is 0 Å². The van der Waals surface area contributed by atoms with Crippen LogP contribution in [0.2, 0.25) is 0 Å². The Bertz CT molecular complexity index is 38.7. The first-order valence-corrected chi connectivity index (χ1v) is 2.15. The average molecular weight is 89.2 g/mol. The summed E-state index contributed by atoms with van der Waals surface area (Å²) >= 11 is 0. The Morgan fingerprint density at radius 3 is 2.17 bits per heavy atom. The molecule has 0 heterocycles. The molecule has 0 rings (SSSR count). The highest BCUT2D eigenvalue weighted by atomic mass is 14.5. The Balaban J connectivity index is 2.68. The van der Waals surface area contributed by atoms with Crippen LogP contribution in [0.4, 0.5) is 0 Å². The van der Waals surface area contributed by atoms with Crippen LogP contribution in [-0.4, -0.2) is 13.1 Å². The third-order valence-corrected chi connectivity index (χ3v) is 0.575. The van der Waals surface area contributed by atoms with Crippen LogP contribution in [0, 0.1) is 0 Å². The Kier molecular flexibility index (Phi) is 3.35. The molecule has 6 heavy (non-hydrogen) atoms. The Hall–Kier alpha value is -0.0800. The number of nitrogens with two attached hydrogens (primary N) is 2. The zero-order valence-corrected chi connectivity index (χ0v) is 3.85. The summed E-state index contributed by atoms with van der Waals surface area (Å²) in [5.74, 6) is 0. The highest BCUT2D eigenvalue weighted by Gasteiger charge is 1.75.